The van der Waals surface area contributed by atoms with E-state index in [0.717, 1.165) is 29.7 Å². The summed E-state index contributed by atoms with van der Waals surface area (Å²) in [7, 11) is 4.17. The lowest BCUT2D eigenvalue weighted by Gasteiger charge is -2.19. The Labute approximate surface area is 132 Å². The van der Waals surface area contributed by atoms with Gasteiger partial charge in [0, 0.05) is 23.5 Å². The van der Waals surface area contributed by atoms with Crippen LogP contribution in [-0.2, 0) is 6.42 Å². The van der Waals surface area contributed by atoms with Crippen LogP contribution in [0, 0.1) is 6.92 Å². The van der Waals surface area contributed by atoms with Crippen molar-refractivity contribution in [3.8, 4) is 0 Å². The van der Waals surface area contributed by atoms with E-state index in [1.54, 1.807) is 0 Å². The third-order valence-corrected chi connectivity index (χ3v) is 4.00. The van der Waals surface area contributed by atoms with Crippen molar-refractivity contribution in [2.24, 2.45) is 0 Å². The summed E-state index contributed by atoms with van der Waals surface area (Å²) in [5.41, 5.74) is 9.22. The first kappa shape index (κ1) is 16.2. The maximum atomic E-state index is 6.07. The number of para-hydroxylation sites is 1. The molecule has 1 atom stereocenters. The second-order valence-electron chi connectivity index (χ2n) is 5.90. The molecule has 0 aliphatic heterocycles. The first-order valence-corrected chi connectivity index (χ1v) is 7.58. The van der Waals surface area contributed by atoms with E-state index >= 15 is 0 Å². The molecule has 22 heavy (non-hydrogen) atoms. The molecule has 0 radical (unpaired) electrons. The van der Waals surface area contributed by atoms with Crippen molar-refractivity contribution in [2.45, 2.75) is 32.7 Å². The van der Waals surface area contributed by atoms with Gasteiger partial charge >= 0.3 is 0 Å². The summed E-state index contributed by atoms with van der Waals surface area (Å²) in [5, 5.41) is 3.21. The van der Waals surface area contributed by atoms with Crippen LogP contribution in [0.3, 0.4) is 0 Å². The highest BCUT2D eigenvalue weighted by Gasteiger charge is 2.09. The van der Waals surface area contributed by atoms with Crippen LogP contribution in [0.2, 0.25) is 0 Å². The summed E-state index contributed by atoms with van der Waals surface area (Å²) < 4.78 is 0. The Kier molecular flexibility index (Phi) is 5.33. The smallest absolute Gasteiger partial charge is 0.229 e. The number of nitrogens with one attached hydrogen (secondary N) is 1. The van der Waals surface area contributed by atoms with Gasteiger partial charge in [-0.05, 0) is 52.4 Å². The van der Waals surface area contributed by atoms with Crippen LogP contribution in [0.1, 0.15) is 24.5 Å². The van der Waals surface area contributed by atoms with Gasteiger partial charge in [-0.15, -0.1) is 0 Å². The van der Waals surface area contributed by atoms with E-state index in [1.807, 2.05) is 37.4 Å². The Bertz CT molecular complexity index is 624. The second kappa shape index (κ2) is 7.22. The fourth-order valence-corrected chi connectivity index (χ4v) is 2.13. The van der Waals surface area contributed by atoms with Crippen LogP contribution in [0.25, 0.3) is 0 Å². The van der Waals surface area contributed by atoms with Gasteiger partial charge in [0.1, 0.15) is 5.82 Å². The van der Waals surface area contributed by atoms with Crippen molar-refractivity contribution in [2.75, 3.05) is 25.1 Å². The van der Waals surface area contributed by atoms with Crippen LogP contribution >= 0.6 is 0 Å². The summed E-state index contributed by atoms with van der Waals surface area (Å²) in [4.78, 5) is 11.0. The SMILES string of the molecule is Cc1ccccc1Nc1ncc(CCC(C)N(C)C)c(N)n1. The Hall–Kier alpha value is -2.14. The van der Waals surface area contributed by atoms with Gasteiger partial charge in [-0.2, -0.15) is 4.98 Å². The number of nitrogens with zero attached hydrogens (tertiary/aromatic N) is 3. The van der Waals surface area contributed by atoms with Crippen molar-refractivity contribution in [1.29, 1.82) is 0 Å². The van der Waals surface area contributed by atoms with Gasteiger partial charge in [0.15, 0.2) is 0 Å². The lowest BCUT2D eigenvalue weighted by Crippen LogP contribution is -2.25. The normalized spacial score (nSPS) is 12.4. The number of aromatic nitrogens is 2. The molecule has 2 rings (SSSR count). The average molecular weight is 299 g/mol. The molecule has 1 aromatic carbocycles. The number of hydrogen-bond acceptors (Lipinski definition) is 5. The Balaban J connectivity index is 2.05. The minimum Gasteiger partial charge on any atom is -0.383 e. The van der Waals surface area contributed by atoms with Gasteiger partial charge in [0.25, 0.3) is 0 Å². The molecule has 118 valence electrons. The third kappa shape index (κ3) is 4.18. The molecule has 0 saturated carbocycles. The number of rotatable bonds is 6. The quantitative estimate of drug-likeness (QED) is 0.858. The van der Waals surface area contributed by atoms with Crippen LogP contribution in [0.15, 0.2) is 30.5 Å². The summed E-state index contributed by atoms with van der Waals surface area (Å²) >= 11 is 0. The number of nitrogen functional groups attached to an aromatic ring is 1. The molecule has 0 saturated heterocycles. The van der Waals surface area contributed by atoms with Gasteiger partial charge in [0.2, 0.25) is 5.95 Å². The number of hydrogen-bond donors (Lipinski definition) is 2. The first-order valence-electron chi connectivity index (χ1n) is 7.58. The van der Waals surface area contributed by atoms with E-state index in [1.165, 1.54) is 0 Å². The van der Waals surface area contributed by atoms with Crippen LogP contribution in [0.4, 0.5) is 17.5 Å². The fraction of sp³-hybridized carbons (Fsp3) is 0.412. The zero-order valence-corrected chi connectivity index (χ0v) is 13.8. The minimum atomic E-state index is 0.504. The molecule has 2 aromatic rings. The van der Waals surface area contributed by atoms with E-state index in [2.05, 4.69) is 41.2 Å². The maximum absolute atomic E-state index is 6.07. The highest BCUT2D eigenvalue weighted by molar-refractivity contribution is 5.59. The summed E-state index contributed by atoms with van der Waals surface area (Å²) in [5.74, 6) is 1.09. The zero-order valence-electron chi connectivity index (χ0n) is 13.8. The molecule has 5 nitrogen and oxygen atoms in total. The average Bonchev–Trinajstić information content (AvgIpc) is 2.48. The fourth-order valence-electron chi connectivity index (χ4n) is 2.13. The van der Waals surface area contributed by atoms with Gasteiger partial charge in [-0.1, -0.05) is 18.2 Å². The molecule has 0 amide bonds. The molecule has 1 heterocycles. The molecule has 5 heteroatoms. The van der Waals surface area contributed by atoms with Crippen molar-refractivity contribution in [3.05, 3.63) is 41.6 Å². The lowest BCUT2D eigenvalue weighted by molar-refractivity contribution is 0.299. The molecule has 0 fully saturated rings. The molecule has 1 aromatic heterocycles. The second-order valence-corrected chi connectivity index (χ2v) is 5.90. The number of nitrogens with two attached hydrogens (primary N) is 1. The first-order chi connectivity index (χ1) is 10.5. The van der Waals surface area contributed by atoms with Crippen LogP contribution < -0.4 is 11.1 Å². The molecule has 0 bridgehead atoms. The number of aryl methyl sites for hydroxylation is 2. The van der Waals surface area contributed by atoms with Crippen molar-refractivity contribution in [1.82, 2.24) is 14.9 Å². The van der Waals surface area contributed by atoms with Gasteiger partial charge in [0.05, 0.1) is 0 Å². The summed E-state index contributed by atoms with van der Waals surface area (Å²) in [6, 6.07) is 8.54. The molecule has 0 spiro atoms. The van der Waals surface area contributed by atoms with Crippen molar-refractivity contribution < 1.29 is 0 Å². The van der Waals surface area contributed by atoms with Crippen LogP contribution in [-0.4, -0.2) is 35.0 Å². The molecule has 0 aliphatic carbocycles. The Morgan fingerprint density at radius 1 is 1.27 bits per heavy atom. The number of benzene rings is 1. The maximum Gasteiger partial charge on any atom is 0.229 e. The summed E-state index contributed by atoms with van der Waals surface area (Å²) in [6.45, 7) is 4.24. The molecule has 1 unspecified atom stereocenters. The molecule has 3 N–H and O–H groups in total. The van der Waals surface area contributed by atoms with E-state index < -0.39 is 0 Å². The Morgan fingerprint density at radius 2 is 2.00 bits per heavy atom. The van der Waals surface area contributed by atoms with Crippen molar-refractivity contribution in [3.63, 3.8) is 0 Å². The standard InChI is InChI=1S/C17H25N5/c1-12-7-5-6-8-15(12)20-17-19-11-14(16(18)21-17)10-9-13(2)22(3)4/h5-8,11,13H,9-10H2,1-4H3,(H3,18,19,20,21). The lowest BCUT2D eigenvalue weighted by atomic mass is 10.1. The summed E-state index contributed by atoms with van der Waals surface area (Å²) in [6.07, 6.45) is 3.74. The van der Waals surface area contributed by atoms with E-state index in [0.29, 0.717) is 17.8 Å². The van der Waals surface area contributed by atoms with E-state index in [9.17, 15) is 0 Å². The Morgan fingerprint density at radius 3 is 2.64 bits per heavy atom. The predicted molar refractivity (Wildman–Crippen MR) is 92.4 cm³/mol. The van der Waals surface area contributed by atoms with E-state index in [4.69, 9.17) is 5.73 Å². The third-order valence-electron chi connectivity index (χ3n) is 4.00. The largest absolute Gasteiger partial charge is 0.383 e. The number of anilines is 3. The molecule has 0 aliphatic rings. The topological polar surface area (TPSA) is 67.1 Å². The van der Waals surface area contributed by atoms with E-state index in [-0.39, 0.29) is 0 Å². The predicted octanol–water partition coefficient (Wildman–Crippen LogP) is 2.99. The highest BCUT2D eigenvalue weighted by atomic mass is 15.1. The zero-order chi connectivity index (χ0) is 16.1. The minimum absolute atomic E-state index is 0.504. The molecular weight excluding hydrogens is 274 g/mol. The van der Waals surface area contributed by atoms with Gasteiger partial charge in [-0.3, -0.25) is 0 Å². The van der Waals surface area contributed by atoms with Crippen LogP contribution in [0.5, 0.6) is 0 Å². The van der Waals surface area contributed by atoms with Crippen molar-refractivity contribution >= 4 is 17.5 Å². The monoisotopic (exact) mass is 299 g/mol. The van der Waals surface area contributed by atoms with Gasteiger partial charge < -0.3 is 16.0 Å². The van der Waals surface area contributed by atoms with Gasteiger partial charge in [-0.25, -0.2) is 4.98 Å². The highest BCUT2D eigenvalue weighted by Crippen LogP contribution is 2.19. The molecular formula is C17H25N5.